The fourth-order valence-electron chi connectivity index (χ4n) is 3.59. The molecule has 146 valence electrons. The summed E-state index contributed by atoms with van der Waals surface area (Å²) in [6.07, 6.45) is 3.60. The molecule has 0 N–H and O–H groups in total. The number of carbonyl (C=O) groups excluding carboxylic acids is 1. The molecule has 0 radical (unpaired) electrons. The van der Waals surface area contributed by atoms with Gasteiger partial charge in [-0.1, -0.05) is 24.3 Å². The number of aromatic nitrogens is 3. The van der Waals surface area contributed by atoms with Gasteiger partial charge in [-0.3, -0.25) is 4.79 Å². The van der Waals surface area contributed by atoms with E-state index in [9.17, 15) is 4.79 Å². The zero-order valence-corrected chi connectivity index (χ0v) is 15.8. The number of fused-ring (bicyclic) bond motifs is 1. The summed E-state index contributed by atoms with van der Waals surface area (Å²) in [5.41, 5.74) is 3.08. The first-order valence-corrected chi connectivity index (χ1v) is 9.61. The maximum atomic E-state index is 12.9. The lowest BCUT2D eigenvalue weighted by Gasteiger charge is -2.29. The molecule has 0 aliphatic carbocycles. The van der Waals surface area contributed by atoms with Crippen molar-refractivity contribution in [3.05, 3.63) is 72.2 Å². The van der Waals surface area contributed by atoms with Crippen molar-refractivity contribution >= 4 is 17.2 Å². The van der Waals surface area contributed by atoms with Gasteiger partial charge in [0, 0.05) is 36.3 Å². The second-order valence-corrected chi connectivity index (χ2v) is 6.96. The third-order valence-electron chi connectivity index (χ3n) is 5.08. The van der Waals surface area contributed by atoms with Crippen molar-refractivity contribution in [1.29, 1.82) is 0 Å². The highest BCUT2D eigenvalue weighted by Gasteiger charge is 2.18. The van der Waals surface area contributed by atoms with Gasteiger partial charge < -0.3 is 14.1 Å². The van der Waals surface area contributed by atoms with Crippen LogP contribution >= 0.6 is 0 Å². The Bertz CT molecular complexity index is 1130. The smallest absolute Gasteiger partial charge is 0.168 e. The fourth-order valence-corrected chi connectivity index (χ4v) is 3.59. The molecule has 1 saturated heterocycles. The van der Waals surface area contributed by atoms with Crippen LogP contribution in [0.5, 0.6) is 0 Å². The molecule has 0 unspecified atom stereocenters. The lowest BCUT2D eigenvalue weighted by Crippen LogP contribution is -2.37. The highest BCUT2D eigenvalue weighted by Crippen LogP contribution is 2.22. The van der Waals surface area contributed by atoms with E-state index in [-0.39, 0.29) is 12.2 Å². The van der Waals surface area contributed by atoms with Gasteiger partial charge in [0.25, 0.3) is 0 Å². The lowest BCUT2D eigenvalue weighted by molar-refractivity contribution is 0.0992. The first-order valence-electron chi connectivity index (χ1n) is 9.61. The van der Waals surface area contributed by atoms with Crippen molar-refractivity contribution < 1.29 is 13.9 Å². The maximum Gasteiger partial charge on any atom is 0.168 e. The number of ether oxygens (including phenoxy) is 1. The van der Waals surface area contributed by atoms with Gasteiger partial charge in [-0.25, -0.2) is 4.98 Å². The van der Waals surface area contributed by atoms with E-state index < -0.39 is 0 Å². The number of hydrogen-bond acceptors (Lipinski definition) is 6. The van der Waals surface area contributed by atoms with Crippen LogP contribution < -0.4 is 4.90 Å². The zero-order valence-electron chi connectivity index (χ0n) is 15.8. The van der Waals surface area contributed by atoms with E-state index in [0.717, 1.165) is 41.6 Å². The molecule has 0 spiro atoms. The third-order valence-corrected chi connectivity index (χ3v) is 5.08. The Morgan fingerprint density at radius 3 is 2.66 bits per heavy atom. The summed E-state index contributed by atoms with van der Waals surface area (Å²) in [6, 6.07) is 15.0. The average Bonchev–Trinajstić information content (AvgIpc) is 3.46. The average molecular weight is 388 g/mol. The summed E-state index contributed by atoms with van der Waals surface area (Å²) in [5.74, 6) is 1.76. The number of Topliss-reactive ketones (excluding diaryl/α,β-unsaturated/α-hetero) is 1. The molecule has 0 atom stereocenters. The van der Waals surface area contributed by atoms with E-state index >= 15 is 0 Å². The van der Waals surface area contributed by atoms with Gasteiger partial charge in [0.15, 0.2) is 11.4 Å². The maximum absolute atomic E-state index is 12.9. The van der Waals surface area contributed by atoms with Gasteiger partial charge in [0.2, 0.25) is 0 Å². The predicted octanol–water partition coefficient (Wildman–Crippen LogP) is 3.25. The number of ketones is 1. The number of morpholine rings is 1. The molecule has 5 rings (SSSR count). The van der Waals surface area contributed by atoms with Crippen molar-refractivity contribution in [1.82, 2.24) is 14.6 Å². The largest absolute Gasteiger partial charge is 0.464 e. The minimum Gasteiger partial charge on any atom is -0.464 e. The number of furan rings is 1. The van der Waals surface area contributed by atoms with Crippen molar-refractivity contribution in [3.8, 4) is 11.3 Å². The lowest BCUT2D eigenvalue weighted by atomic mass is 10.0. The SMILES string of the molecule is O=C(Cc1cc(N2CCOCC2)n2nccc2n1)c1ccc(-c2ccco2)cc1. The Labute approximate surface area is 167 Å². The summed E-state index contributed by atoms with van der Waals surface area (Å²) < 4.78 is 12.7. The minimum absolute atomic E-state index is 0.0280. The molecule has 4 aromatic rings. The van der Waals surface area contributed by atoms with Crippen LogP contribution in [0.2, 0.25) is 0 Å². The number of benzene rings is 1. The van der Waals surface area contributed by atoms with Crippen LogP contribution in [0.3, 0.4) is 0 Å². The molecular formula is C22H20N4O3. The highest BCUT2D eigenvalue weighted by atomic mass is 16.5. The first-order chi connectivity index (χ1) is 14.3. The van der Waals surface area contributed by atoms with Crippen molar-refractivity contribution in [2.45, 2.75) is 6.42 Å². The molecule has 7 nitrogen and oxygen atoms in total. The van der Waals surface area contributed by atoms with Crippen LogP contribution in [0.15, 0.2) is 65.4 Å². The molecule has 1 aliphatic heterocycles. The van der Waals surface area contributed by atoms with Crippen LogP contribution in [0.25, 0.3) is 17.0 Å². The number of nitrogens with zero attached hydrogens (tertiary/aromatic N) is 4. The molecular weight excluding hydrogens is 368 g/mol. The number of anilines is 1. The Morgan fingerprint density at radius 2 is 1.90 bits per heavy atom. The van der Waals surface area contributed by atoms with Gasteiger partial charge in [-0.15, -0.1) is 0 Å². The summed E-state index contributed by atoms with van der Waals surface area (Å²) in [4.78, 5) is 19.7. The molecule has 0 saturated carbocycles. The van der Waals surface area contributed by atoms with Crippen molar-refractivity contribution in [3.63, 3.8) is 0 Å². The summed E-state index contributed by atoms with van der Waals surface area (Å²) in [5, 5.41) is 4.38. The monoisotopic (exact) mass is 388 g/mol. The quantitative estimate of drug-likeness (QED) is 0.489. The molecule has 29 heavy (non-hydrogen) atoms. The molecule has 7 heteroatoms. The van der Waals surface area contributed by atoms with E-state index in [0.29, 0.717) is 18.8 Å². The van der Waals surface area contributed by atoms with E-state index in [1.807, 2.05) is 53.0 Å². The van der Waals surface area contributed by atoms with Crippen LogP contribution in [0, 0.1) is 0 Å². The Kier molecular flexibility index (Phi) is 4.57. The number of carbonyl (C=O) groups is 1. The molecule has 0 amide bonds. The summed E-state index contributed by atoms with van der Waals surface area (Å²) >= 11 is 0. The topological polar surface area (TPSA) is 72.9 Å². The molecule has 1 aromatic carbocycles. The van der Waals surface area contributed by atoms with Crippen molar-refractivity contribution in [2.75, 3.05) is 31.2 Å². The summed E-state index contributed by atoms with van der Waals surface area (Å²) in [6.45, 7) is 2.95. The first kappa shape index (κ1) is 17.6. The second-order valence-electron chi connectivity index (χ2n) is 6.96. The van der Waals surface area contributed by atoms with E-state index in [2.05, 4.69) is 15.0 Å². The van der Waals surface area contributed by atoms with Gasteiger partial charge in [0.05, 0.1) is 37.8 Å². The predicted molar refractivity (Wildman–Crippen MR) is 108 cm³/mol. The minimum atomic E-state index is 0.0280. The van der Waals surface area contributed by atoms with Crippen LogP contribution in [-0.4, -0.2) is 46.7 Å². The molecule has 1 fully saturated rings. The molecule has 4 heterocycles. The van der Waals surface area contributed by atoms with E-state index in [4.69, 9.17) is 9.15 Å². The van der Waals surface area contributed by atoms with Crippen molar-refractivity contribution in [2.24, 2.45) is 0 Å². The molecule has 1 aliphatic rings. The summed E-state index contributed by atoms with van der Waals surface area (Å²) in [7, 11) is 0. The van der Waals surface area contributed by atoms with Gasteiger partial charge >= 0.3 is 0 Å². The van der Waals surface area contributed by atoms with Gasteiger partial charge in [-0.2, -0.15) is 9.61 Å². The Balaban J connectivity index is 1.40. The molecule has 0 bridgehead atoms. The highest BCUT2D eigenvalue weighted by molar-refractivity contribution is 5.97. The number of hydrogen-bond donors (Lipinski definition) is 0. The Hall–Kier alpha value is -3.45. The van der Waals surface area contributed by atoms with Crippen LogP contribution in [0.1, 0.15) is 16.1 Å². The van der Waals surface area contributed by atoms with E-state index in [1.165, 1.54) is 0 Å². The normalized spacial score (nSPS) is 14.4. The molecule has 3 aromatic heterocycles. The number of rotatable bonds is 5. The van der Waals surface area contributed by atoms with Crippen LogP contribution in [0.4, 0.5) is 5.82 Å². The van der Waals surface area contributed by atoms with Crippen LogP contribution in [-0.2, 0) is 11.2 Å². The standard InChI is InChI=1S/C22H20N4O3/c27-19(16-3-5-17(6-4-16)20-2-1-11-29-20)14-18-15-22(25-9-12-28-13-10-25)26-21(24-18)7-8-23-26/h1-8,11,15H,9-10,12-14H2. The van der Waals surface area contributed by atoms with Gasteiger partial charge in [-0.05, 0) is 12.1 Å². The Morgan fingerprint density at radius 1 is 1.07 bits per heavy atom. The zero-order chi connectivity index (χ0) is 19.6. The fraction of sp³-hybridized carbons (Fsp3) is 0.227. The van der Waals surface area contributed by atoms with E-state index in [1.54, 1.807) is 12.5 Å². The van der Waals surface area contributed by atoms with Gasteiger partial charge in [0.1, 0.15) is 11.6 Å². The second kappa shape index (κ2) is 7.52. The third kappa shape index (κ3) is 3.52.